The number of nitrogens with zero attached hydrogens (tertiary/aromatic N) is 3. The van der Waals surface area contributed by atoms with Gasteiger partial charge < -0.3 is 4.74 Å². The molecule has 2 aromatic heterocycles. The average molecular weight is 351 g/mol. The maximum Gasteiger partial charge on any atom is 0.226 e. The van der Waals surface area contributed by atoms with Crippen LogP contribution in [0.5, 0.6) is 0 Å². The van der Waals surface area contributed by atoms with E-state index in [9.17, 15) is 4.79 Å². The van der Waals surface area contributed by atoms with Crippen LogP contribution in [0.3, 0.4) is 0 Å². The molecule has 6 nitrogen and oxygen atoms in total. The summed E-state index contributed by atoms with van der Waals surface area (Å²) in [5.41, 5.74) is 1.17. The first-order valence-electron chi connectivity index (χ1n) is 8.29. The van der Waals surface area contributed by atoms with E-state index in [-0.39, 0.29) is 11.5 Å². The van der Waals surface area contributed by atoms with E-state index in [1.54, 1.807) is 13.2 Å². The van der Waals surface area contributed by atoms with Crippen molar-refractivity contribution in [3.05, 3.63) is 17.3 Å². The molecule has 2 aromatic rings. The molecule has 0 aromatic carbocycles. The van der Waals surface area contributed by atoms with Crippen LogP contribution in [0.25, 0.3) is 11.2 Å². The fourth-order valence-electron chi connectivity index (χ4n) is 2.73. The summed E-state index contributed by atoms with van der Waals surface area (Å²) in [6.45, 7) is 3.94. The van der Waals surface area contributed by atoms with Crippen LogP contribution in [0.1, 0.15) is 52.0 Å². The highest BCUT2D eigenvalue weighted by Gasteiger charge is 2.27. The number of imidazole rings is 1. The highest BCUT2D eigenvalue weighted by molar-refractivity contribution is 6.29. The number of ether oxygens (including phenoxy) is 1. The molecule has 0 radical (unpaired) electrons. The van der Waals surface area contributed by atoms with Crippen LogP contribution in [0, 0.1) is 0 Å². The van der Waals surface area contributed by atoms with Gasteiger partial charge in [0.15, 0.2) is 5.65 Å². The molecule has 0 spiro atoms. The Morgan fingerprint density at radius 1 is 1.42 bits per heavy atom. The number of amides is 1. The first kappa shape index (κ1) is 17.2. The number of halogens is 1. The first-order valence-corrected chi connectivity index (χ1v) is 8.67. The molecule has 7 heteroatoms. The second-order valence-corrected chi connectivity index (χ2v) is 7.27. The normalized spacial score (nSPS) is 15.5. The molecule has 0 unspecified atom stereocenters. The molecule has 1 saturated carbocycles. The van der Waals surface area contributed by atoms with E-state index >= 15 is 0 Å². The van der Waals surface area contributed by atoms with Gasteiger partial charge in [-0.1, -0.05) is 11.6 Å². The highest BCUT2D eigenvalue weighted by Crippen LogP contribution is 2.37. The third-order valence-electron chi connectivity index (χ3n) is 4.70. The van der Waals surface area contributed by atoms with Gasteiger partial charge >= 0.3 is 0 Å². The molecule has 24 heavy (non-hydrogen) atoms. The Kier molecular flexibility index (Phi) is 4.78. The average Bonchev–Trinajstić information content (AvgIpc) is 2.82. The Morgan fingerprint density at radius 2 is 2.17 bits per heavy atom. The second-order valence-electron chi connectivity index (χ2n) is 6.88. The van der Waals surface area contributed by atoms with Crippen LogP contribution >= 0.6 is 11.6 Å². The van der Waals surface area contributed by atoms with Crippen molar-refractivity contribution in [2.75, 3.05) is 12.4 Å². The van der Waals surface area contributed by atoms with Crippen molar-refractivity contribution in [3.8, 4) is 0 Å². The zero-order chi connectivity index (χ0) is 17.3. The maximum atomic E-state index is 12.3. The lowest BCUT2D eigenvalue weighted by Gasteiger charge is -2.28. The predicted molar refractivity (Wildman–Crippen MR) is 94.4 cm³/mol. The standard InChI is InChI=1S/C17H23ClN4O2/c1-17(2,24-3)10-9-14(23)21-16-19-12-7-8-13(18)20-15(12)22(16)11-5-4-6-11/h7-8,11H,4-6,9-10H2,1-3H3,(H,19,21,23). The quantitative estimate of drug-likeness (QED) is 0.801. The zero-order valence-electron chi connectivity index (χ0n) is 14.3. The van der Waals surface area contributed by atoms with Crippen LogP contribution < -0.4 is 5.32 Å². The van der Waals surface area contributed by atoms with Crippen LogP contribution in [0.15, 0.2) is 12.1 Å². The van der Waals surface area contributed by atoms with Crippen molar-refractivity contribution < 1.29 is 9.53 Å². The van der Waals surface area contributed by atoms with Gasteiger partial charge in [-0.25, -0.2) is 9.97 Å². The molecule has 1 aliphatic rings. The molecule has 2 heterocycles. The minimum atomic E-state index is -0.319. The maximum absolute atomic E-state index is 12.3. The van der Waals surface area contributed by atoms with Gasteiger partial charge in [-0.05, 0) is 51.7 Å². The molecule has 0 saturated heterocycles. The molecule has 1 amide bonds. The van der Waals surface area contributed by atoms with Crippen molar-refractivity contribution in [1.82, 2.24) is 14.5 Å². The van der Waals surface area contributed by atoms with Crippen LogP contribution in [0.4, 0.5) is 5.95 Å². The number of anilines is 1. The van der Waals surface area contributed by atoms with Crippen molar-refractivity contribution in [3.63, 3.8) is 0 Å². The Labute approximate surface area is 146 Å². The molecule has 130 valence electrons. The molecule has 0 atom stereocenters. The number of carbonyl (C=O) groups is 1. The first-order chi connectivity index (χ1) is 11.4. The van der Waals surface area contributed by atoms with E-state index in [2.05, 4.69) is 15.3 Å². The summed E-state index contributed by atoms with van der Waals surface area (Å²) < 4.78 is 7.38. The molecular weight excluding hydrogens is 328 g/mol. The summed E-state index contributed by atoms with van der Waals surface area (Å²) in [4.78, 5) is 21.3. The largest absolute Gasteiger partial charge is 0.379 e. The Morgan fingerprint density at radius 3 is 2.79 bits per heavy atom. The fourth-order valence-corrected chi connectivity index (χ4v) is 2.88. The lowest BCUT2D eigenvalue weighted by Crippen LogP contribution is -2.26. The minimum absolute atomic E-state index is 0.0675. The Hall–Kier alpha value is -1.66. The number of aromatic nitrogens is 3. The van der Waals surface area contributed by atoms with E-state index in [1.807, 2.05) is 24.5 Å². The lowest BCUT2D eigenvalue weighted by atomic mass is 9.93. The monoisotopic (exact) mass is 350 g/mol. The molecule has 1 fully saturated rings. The summed E-state index contributed by atoms with van der Waals surface area (Å²) in [7, 11) is 1.66. The smallest absolute Gasteiger partial charge is 0.226 e. The van der Waals surface area contributed by atoms with Crippen molar-refractivity contribution in [2.24, 2.45) is 0 Å². The predicted octanol–water partition coefficient (Wildman–Crippen LogP) is 3.95. The number of rotatable bonds is 6. The van der Waals surface area contributed by atoms with Gasteiger partial charge in [-0.3, -0.25) is 14.7 Å². The molecular formula is C17H23ClN4O2. The number of hydrogen-bond donors (Lipinski definition) is 1. The minimum Gasteiger partial charge on any atom is -0.379 e. The van der Waals surface area contributed by atoms with Crippen LogP contribution in [-0.4, -0.2) is 33.2 Å². The van der Waals surface area contributed by atoms with Gasteiger partial charge in [0, 0.05) is 19.6 Å². The van der Waals surface area contributed by atoms with Gasteiger partial charge in [0.25, 0.3) is 0 Å². The van der Waals surface area contributed by atoms with E-state index in [0.29, 0.717) is 30.0 Å². The van der Waals surface area contributed by atoms with Crippen LogP contribution in [0.2, 0.25) is 5.15 Å². The number of methoxy groups -OCH3 is 1. The van der Waals surface area contributed by atoms with E-state index in [0.717, 1.165) is 24.0 Å². The number of pyridine rings is 1. The summed E-state index contributed by atoms with van der Waals surface area (Å²) in [5.74, 6) is 0.492. The van der Waals surface area contributed by atoms with E-state index in [4.69, 9.17) is 16.3 Å². The van der Waals surface area contributed by atoms with Crippen molar-refractivity contribution in [2.45, 2.75) is 57.6 Å². The van der Waals surface area contributed by atoms with Crippen molar-refractivity contribution >= 4 is 34.6 Å². The van der Waals surface area contributed by atoms with Crippen LogP contribution in [-0.2, 0) is 9.53 Å². The van der Waals surface area contributed by atoms with Gasteiger partial charge in [-0.2, -0.15) is 0 Å². The zero-order valence-corrected chi connectivity index (χ0v) is 15.1. The highest BCUT2D eigenvalue weighted by atomic mass is 35.5. The number of hydrogen-bond acceptors (Lipinski definition) is 4. The van der Waals surface area contributed by atoms with E-state index in [1.165, 1.54) is 6.42 Å². The summed E-state index contributed by atoms with van der Waals surface area (Å²) in [5, 5.41) is 3.37. The summed E-state index contributed by atoms with van der Waals surface area (Å²) in [6.07, 6.45) is 4.34. The van der Waals surface area contributed by atoms with Crippen molar-refractivity contribution in [1.29, 1.82) is 0 Å². The summed E-state index contributed by atoms with van der Waals surface area (Å²) >= 11 is 6.03. The fraction of sp³-hybridized carbons (Fsp3) is 0.588. The third kappa shape index (κ3) is 3.54. The molecule has 0 aliphatic heterocycles. The Balaban J connectivity index is 1.82. The number of nitrogens with one attached hydrogen (secondary N) is 1. The molecule has 1 N–H and O–H groups in total. The van der Waals surface area contributed by atoms with Gasteiger partial charge in [0.05, 0.1) is 5.60 Å². The Bertz CT molecular complexity index is 752. The molecule has 1 aliphatic carbocycles. The SMILES string of the molecule is COC(C)(C)CCC(=O)Nc1nc2ccc(Cl)nc2n1C1CCC1. The third-order valence-corrected chi connectivity index (χ3v) is 4.91. The van der Waals surface area contributed by atoms with E-state index < -0.39 is 0 Å². The number of carbonyl (C=O) groups excluding carboxylic acids is 1. The second kappa shape index (κ2) is 6.69. The number of fused-ring (bicyclic) bond motifs is 1. The molecule has 0 bridgehead atoms. The molecule has 3 rings (SSSR count). The van der Waals surface area contributed by atoms with Gasteiger partial charge in [0.1, 0.15) is 10.7 Å². The topological polar surface area (TPSA) is 69.0 Å². The van der Waals surface area contributed by atoms with Gasteiger partial charge in [-0.15, -0.1) is 0 Å². The van der Waals surface area contributed by atoms with Gasteiger partial charge in [0.2, 0.25) is 11.9 Å². The lowest BCUT2D eigenvalue weighted by molar-refractivity contribution is -0.117. The summed E-state index contributed by atoms with van der Waals surface area (Å²) in [6, 6.07) is 3.88.